The van der Waals surface area contributed by atoms with Crippen molar-refractivity contribution in [2.75, 3.05) is 23.8 Å². The molecule has 2 amide bonds. The van der Waals surface area contributed by atoms with Gasteiger partial charge in [0, 0.05) is 11.4 Å². The number of aryl methyl sites for hydroxylation is 2. The number of amides is 2. The lowest BCUT2D eigenvalue weighted by Crippen LogP contribution is -2.49. The van der Waals surface area contributed by atoms with Gasteiger partial charge in [-0.05, 0) is 62.1 Å². The Balaban J connectivity index is 1.59. The summed E-state index contributed by atoms with van der Waals surface area (Å²) in [5, 5.41) is 9.71. The van der Waals surface area contributed by atoms with Gasteiger partial charge in [-0.1, -0.05) is 123 Å². The first-order valence-corrected chi connectivity index (χ1v) is 19.0. The molecule has 6 rings (SSSR count). The number of esters is 2. The summed E-state index contributed by atoms with van der Waals surface area (Å²) in [6.07, 6.45) is 2.94. The Kier molecular flexibility index (Phi) is 12.6. The third kappa shape index (κ3) is 8.25. The minimum Gasteiger partial charge on any atom is -0.465 e. The van der Waals surface area contributed by atoms with Crippen molar-refractivity contribution < 1.29 is 28.7 Å². The van der Waals surface area contributed by atoms with Gasteiger partial charge in [0.25, 0.3) is 0 Å². The molecule has 2 saturated heterocycles. The van der Waals surface area contributed by atoms with Crippen molar-refractivity contribution in [3.05, 3.63) is 131 Å². The lowest BCUT2D eigenvalue weighted by molar-refractivity contribution is -0.154. The van der Waals surface area contributed by atoms with Gasteiger partial charge in [-0.25, -0.2) is 10.0 Å². The number of nitrogens with one attached hydrogen (secondary N) is 2. The second-order valence-electron chi connectivity index (χ2n) is 14.2. The number of benzene rings is 4. The Morgan fingerprint density at radius 1 is 0.537 bits per heavy atom. The van der Waals surface area contributed by atoms with Gasteiger partial charge in [-0.3, -0.25) is 19.2 Å². The Morgan fingerprint density at radius 3 is 1.22 bits per heavy atom. The van der Waals surface area contributed by atoms with Gasteiger partial charge in [0.2, 0.25) is 11.8 Å². The molecule has 0 aliphatic carbocycles. The molecular weight excluding hydrogens is 681 g/mol. The quantitative estimate of drug-likeness (QED) is 0.101. The van der Waals surface area contributed by atoms with E-state index in [4.69, 9.17) is 9.47 Å². The van der Waals surface area contributed by atoms with E-state index in [-0.39, 0.29) is 13.2 Å². The van der Waals surface area contributed by atoms with Crippen molar-refractivity contribution in [2.24, 2.45) is 11.8 Å². The molecule has 0 aromatic heterocycles. The molecule has 0 spiro atoms. The van der Waals surface area contributed by atoms with Crippen LogP contribution in [0.15, 0.2) is 109 Å². The van der Waals surface area contributed by atoms with Crippen LogP contribution in [-0.4, -0.2) is 59.1 Å². The van der Waals surface area contributed by atoms with Crippen molar-refractivity contribution in [2.45, 2.75) is 77.5 Å². The first kappa shape index (κ1) is 38.4. The zero-order valence-electron chi connectivity index (χ0n) is 31.4. The molecule has 0 saturated carbocycles. The highest BCUT2D eigenvalue weighted by atomic mass is 16.5. The number of ether oxygens (including phenoxy) is 2. The lowest BCUT2D eigenvalue weighted by Gasteiger charge is -2.33. The van der Waals surface area contributed by atoms with E-state index < -0.39 is 59.8 Å². The van der Waals surface area contributed by atoms with E-state index in [2.05, 4.69) is 10.6 Å². The number of hydrogen-bond donors (Lipinski definition) is 2. The van der Waals surface area contributed by atoms with Gasteiger partial charge in [-0.2, -0.15) is 0 Å². The van der Waals surface area contributed by atoms with Gasteiger partial charge >= 0.3 is 11.9 Å². The normalized spacial score (nSPS) is 22.3. The molecule has 282 valence electrons. The smallest absolute Gasteiger partial charge is 0.313 e. The van der Waals surface area contributed by atoms with Crippen LogP contribution in [0.25, 0.3) is 0 Å². The minimum absolute atomic E-state index is 0.186. The highest BCUT2D eigenvalue weighted by molar-refractivity contribution is 6.01. The SMILES string of the molecule is CCCCOC(=O)[C@@H]1[C@@H](C(=O)Nc2ccccc2)N2[C@@H](c3ccc(C)cc3)[C@H](C(=O)OCCCC)[C@H](C(=O)Nc3ccccc3)N2[C@@H]1c1ccc(C)cc1. The van der Waals surface area contributed by atoms with Crippen LogP contribution in [0.4, 0.5) is 11.4 Å². The summed E-state index contributed by atoms with van der Waals surface area (Å²) in [6, 6.07) is 29.5. The zero-order valence-corrected chi connectivity index (χ0v) is 31.4. The molecule has 2 aliphatic heterocycles. The molecule has 2 N–H and O–H groups in total. The van der Waals surface area contributed by atoms with Crippen molar-refractivity contribution in [1.29, 1.82) is 0 Å². The molecule has 10 nitrogen and oxygen atoms in total. The molecule has 4 aromatic rings. The third-order valence-electron chi connectivity index (χ3n) is 10.3. The summed E-state index contributed by atoms with van der Waals surface area (Å²) >= 11 is 0. The number of hydrogen-bond acceptors (Lipinski definition) is 8. The zero-order chi connectivity index (χ0) is 38.2. The lowest BCUT2D eigenvalue weighted by atomic mass is 9.81. The van der Waals surface area contributed by atoms with Crippen LogP contribution in [0.5, 0.6) is 0 Å². The van der Waals surface area contributed by atoms with Crippen LogP contribution in [0.2, 0.25) is 0 Å². The summed E-state index contributed by atoms with van der Waals surface area (Å²) in [5.41, 5.74) is 4.51. The number of carbonyl (C=O) groups is 4. The van der Waals surface area contributed by atoms with Crippen LogP contribution in [0.3, 0.4) is 0 Å². The van der Waals surface area contributed by atoms with Crippen molar-refractivity contribution in [1.82, 2.24) is 10.0 Å². The Hall–Kier alpha value is -5.32. The Labute approximate surface area is 317 Å². The number of anilines is 2. The standard InChI is InChI=1S/C44H50N4O6/c1-5-7-27-53-43(51)35-37(31-23-19-29(3)20-24-31)47-40(42(50)46-34-17-13-10-14-18-34)36(44(52)54-28-8-6-2)38(32-25-21-30(4)22-26-32)48(47)39(35)41(49)45-33-15-11-9-12-16-33/h9-26,35-40H,5-8,27-28H2,1-4H3,(H,45,49)(H,46,50)/t35-,36-,37-,38+,39+,40-/m0/s1. The molecule has 0 radical (unpaired) electrons. The predicted octanol–water partition coefficient (Wildman–Crippen LogP) is 7.57. The second-order valence-corrected chi connectivity index (χ2v) is 14.2. The van der Waals surface area contributed by atoms with E-state index in [0.29, 0.717) is 35.3 Å². The van der Waals surface area contributed by atoms with E-state index in [0.717, 1.165) is 24.0 Å². The molecule has 4 aromatic carbocycles. The van der Waals surface area contributed by atoms with Gasteiger partial charge in [0.05, 0.1) is 25.3 Å². The fourth-order valence-corrected chi connectivity index (χ4v) is 7.56. The summed E-state index contributed by atoms with van der Waals surface area (Å²) in [5.74, 6) is -4.18. The number of nitrogens with zero attached hydrogens (tertiary/aromatic N) is 2. The fraction of sp³-hybridized carbons (Fsp3) is 0.364. The minimum atomic E-state index is -1.18. The largest absolute Gasteiger partial charge is 0.465 e. The van der Waals surface area contributed by atoms with E-state index in [1.54, 1.807) is 34.3 Å². The number of unbranched alkanes of at least 4 members (excludes halogenated alkanes) is 2. The Morgan fingerprint density at radius 2 is 0.889 bits per heavy atom. The topological polar surface area (TPSA) is 117 Å². The summed E-state index contributed by atoms with van der Waals surface area (Å²) < 4.78 is 11.9. The van der Waals surface area contributed by atoms with Gasteiger partial charge in [0.15, 0.2) is 0 Å². The molecule has 6 atom stereocenters. The molecular formula is C44H50N4O6. The molecule has 54 heavy (non-hydrogen) atoms. The number of para-hydroxylation sites is 2. The number of carbonyl (C=O) groups excluding carboxylic acids is 4. The maximum atomic E-state index is 14.9. The Bertz CT molecular complexity index is 1750. The average molecular weight is 731 g/mol. The monoisotopic (exact) mass is 730 g/mol. The van der Waals surface area contributed by atoms with E-state index in [9.17, 15) is 19.2 Å². The highest BCUT2D eigenvalue weighted by Crippen LogP contribution is 2.56. The number of hydrazine groups is 1. The molecule has 2 heterocycles. The van der Waals surface area contributed by atoms with E-state index in [1.807, 2.05) is 113 Å². The van der Waals surface area contributed by atoms with Gasteiger partial charge < -0.3 is 20.1 Å². The molecule has 2 fully saturated rings. The molecule has 10 heteroatoms. The van der Waals surface area contributed by atoms with Crippen LogP contribution < -0.4 is 10.6 Å². The molecule has 2 aliphatic rings. The first-order valence-electron chi connectivity index (χ1n) is 19.0. The van der Waals surface area contributed by atoms with E-state index >= 15 is 0 Å². The summed E-state index contributed by atoms with van der Waals surface area (Å²) in [6.45, 7) is 8.34. The predicted molar refractivity (Wildman–Crippen MR) is 208 cm³/mol. The van der Waals surface area contributed by atoms with Crippen molar-refractivity contribution in [3.63, 3.8) is 0 Å². The van der Waals surface area contributed by atoms with Crippen LogP contribution in [0.1, 0.15) is 73.9 Å². The van der Waals surface area contributed by atoms with Gasteiger partial charge in [-0.15, -0.1) is 0 Å². The van der Waals surface area contributed by atoms with Gasteiger partial charge in [0.1, 0.15) is 23.9 Å². The van der Waals surface area contributed by atoms with Crippen LogP contribution in [0, 0.1) is 25.7 Å². The summed E-state index contributed by atoms with van der Waals surface area (Å²) in [7, 11) is 0. The van der Waals surface area contributed by atoms with Crippen molar-refractivity contribution >= 4 is 35.1 Å². The van der Waals surface area contributed by atoms with Crippen LogP contribution >= 0.6 is 0 Å². The first-order chi connectivity index (χ1) is 26.2. The van der Waals surface area contributed by atoms with Crippen molar-refractivity contribution in [3.8, 4) is 0 Å². The summed E-state index contributed by atoms with van der Waals surface area (Å²) in [4.78, 5) is 59.0. The third-order valence-corrected chi connectivity index (χ3v) is 10.3. The maximum Gasteiger partial charge on any atom is 0.313 e. The fourth-order valence-electron chi connectivity index (χ4n) is 7.56. The second kappa shape index (κ2) is 17.7. The molecule has 0 unspecified atom stereocenters. The number of fused-ring (bicyclic) bond motifs is 1. The average Bonchev–Trinajstić information content (AvgIpc) is 3.70. The molecule has 0 bridgehead atoms. The number of rotatable bonds is 14. The maximum absolute atomic E-state index is 14.9. The van der Waals surface area contributed by atoms with E-state index in [1.165, 1.54) is 0 Å². The highest BCUT2D eigenvalue weighted by Gasteiger charge is 2.68. The van der Waals surface area contributed by atoms with Crippen LogP contribution in [-0.2, 0) is 28.7 Å².